The molecule has 3 rings (SSSR count). The average Bonchev–Trinajstić information content (AvgIpc) is 3.09. The number of carbonyl (C=O) groups is 2. The molecular formula is C16H22N2O2S. The average molecular weight is 306 g/mol. The summed E-state index contributed by atoms with van der Waals surface area (Å²) < 4.78 is 0. The van der Waals surface area contributed by atoms with Crippen molar-refractivity contribution in [1.82, 2.24) is 10.2 Å². The van der Waals surface area contributed by atoms with Crippen molar-refractivity contribution in [1.29, 1.82) is 0 Å². The van der Waals surface area contributed by atoms with Crippen LogP contribution in [0.4, 0.5) is 0 Å². The van der Waals surface area contributed by atoms with Crippen LogP contribution in [0.5, 0.6) is 0 Å². The zero-order chi connectivity index (χ0) is 14.9. The third-order valence-corrected chi connectivity index (χ3v) is 5.77. The van der Waals surface area contributed by atoms with Gasteiger partial charge in [0.15, 0.2) is 0 Å². The fraction of sp³-hybridized carbons (Fsp3) is 0.625. The van der Waals surface area contributed by atoms with E-state index in [0.717, 1.165) is 32.1 Å². The van der Waals surface area contributed by atoms with Gasteiger partial charge in [-0.3, -0.25) is 9.59 Å². The van der Waals surface area contributed by atoms with Gasteiger partial charge in [-0.05, 0) is 31.4 Å². The Labute approximate surface area is 129 Å². The van der Waals surface area contributed by atoms with Crippen LogP contribution in [0.2, 0.25) is 0 Å². The third kappa shape index (κ3) is 2.84. The summed E-state index contributed by atoms with van der Waals surface area (Å²) in [7, 11) is 0. The number of hydrogen-bond acceptors (Lipinski definition) is 3. The number of nitrogens with zero attached hydrogens (tertiary/aromatic N) is 1. The van der Waals surface area contributed by atoms with E-state index < -0.39 is 5.54 Å². The maximum atomic E-state index is 12.9. The predicted molar refractivity (Wildman–Crippen MR) is 83.1 cm³/mol. The Balaban J connectivity index is 1.80. The molecule has 2 amide bonds. The zero-order valence-corrected chi connectivity index (χ0v) is 13.3. The molecular weight excluding hydrogens is 284 g/mol. The van der Waals surface area contributed by atoms with E-state index in [0.29, 0.717) is 19.5 Å². The van der Waals surface area contributed by atoms with Crippen LogP contribution in [-0.4, -0.2) is 28.8 Å². The second-order valence-corrected chi connectivity index (χ2v) is 7.29. The van der Waals surface area contributed by atoms with Crippen LogP contribution < -0.4 is 5.32 Å². The highest BCUT2D eigenvalue weighted by molar-refractivity contribution is 7.11. The van der Waals surface area contributed by atoms with E-state index in [9.17, 15) is 9.59 Å². The molecule has 0 radical (unpaired) electrons. The highest BCUT2D eigenvalue weighted by Gasteiger charge is 2.46. The lowest BCUT2D eigenvalue weighted by Crippen LogP contribution is -2.55. The van der Waals surface area contributed by atoms with Gasteiger partial charge in [0.25, 0.3) is 0 Å². The molecule has 1 saturated heterocycles. The molecule has 1 aromatic rings. The molecule has 1 N–H and O–H groups in total. The van der Waals surface area contributed by atoms with E-state index >= 15 is 0 Å². The Hall–Kier alpha value is -1.36. The molecule has 1 aliphatic heterocycles. The highest BCUT2D eigenvalue weighted by atomic mass is 32.1. The summed E-state index contributed by atoms with van der Waals surface area (Å²) in [5, 5.41) is 3.01. The maximum absolute atomic E-state index is 12.9. The van der Waals surface area contributed by atoms with E-state index in [-0.39, 0.29) is 11.8 Å². The Morgan fingerprint density at radius 2 is 1.95 bits per heavy atom. The second kappa shape index (κ2) is 5.79. The number of nitrogens with one attached hydrogen (secondary N) is 1. The molecule has 0 atom stereocenters. The summed E-state index contributed by atoms with van der Waals surface area (Å²) in [6, 6.07) is 4.25. The number of aryl methyl sites for hydroxylation is 1. The normalized spacial score (nSPS) is 21.7. The van der Waals surface area contributed by atoms with Crippen molar-refractivity contribution < 1.29 is 9.59 Å². The number of hydrogen-bond donors (Lipinski definition) is 1. The van der Waals surface area contributed by atoms with Gasteiger partial charge in [-0.1, -0.05) is 19.8 Å². The Kier molecular flexibility index (Phi) is 4.02. The lowest BCUT2D eigenvalue weighted by atomic mass is 9.96. The van der Waals surface area contributed by atoms with Crippen LogP contribution in [0.15, 0.2) is 12.1 Å². The van der Waals surface area contributed by atoms with Gasteiger partial charge in [0.1, 0.15) is 5.54 Å². The molecule has 4 nitrogen and oxygen atoms in total. The minimum Gasteiger partial charge on any atom is -0.342 e. The summed E-state index contributed by atoms with van der Waals surface area (Å²) in [6.45, 7) is 3.31. The Morgan fingerprint density at radius 3 is 2.62 bits per heavy atom. The quantitative estimate of drug-likeness (QED) is 0.932. The molecule has 1 aliphatic carbocycles. The maximum Gasteiger partial charge on any atom is 0.248 e. The second-order valence-electron chi connectivity index (χ2n) is 6.04. The summed E-state index contributed by atoms with van der Waals surface area (Å²) in [5.74, 6) is 0.144. The van der Waals surface area contributed by atoms with Gasteiger partial charge in [-0.15, -0.1) is 11.3 Å². The fourth-order valence-corrected chi connectivity index (χ4v) is 4.35. The molecule has 2 fully saturated rings. The lowest BCUT2D eigenvalue weighted by Gasteiger charge is -2.31. The van der Waals surface area contributed by atoms with Crippen LogP contribution in [0.1, 0.15) is 48.8 Å². The van der Waals surface area contributed by atoms with Gasteiger partial charge in [0, 0.05) is 22.7 Å². The number of carbonyl (C=O) groups excluding carboxylic acids is 2. The molecule has 2 aliphatic rings. The lowest BCUT2D eigenvalue weighted by molar-refractivity contribution is -0.139. The monoisotopic (exact) mass is 306 g/mol. The van der Waals surface area contributed by atoms with E-state index in [1.807, 2.05) is 4.90 Å². The van der Waals surface area contributed by atoms with Crippen LogP contribution in [0, 0.1) is 0 Å². The number of thiophene rings is 1. The van der Waals surface area contributed by atoms with Crippen LogP contribution in [0.25, 0.3) is 0 Å². The van der Waals surface area contributed by atoms with Crippen LogP contribution in [-0.2, 0) is 22.6 Å². The molecule has 1 aromatic heterocycles. The largest absolute Gasteiger partial charge is 0.342 e. The summed E-state index contributed by atoms with van der Waals surface area (Å²) >= 11 is 1.77. The molecule has 1 saturated carbocycles. The molecule has 21 heavy (non-hydrogen) atoms. The van der Waals surface area contributed by atoms with E-state index in [4.69, 9.17) is 0 Å². The minimum atomic E-state index is -0.613. The molecule has 0 aromatic carbocycles. The molecule has 1 spiro atoms. The van der Waals surface area contributed by atoms with E-state index in [1.54, 1.807) is 11.3 Å². The number of amides is 2. The van der Waals surface area contributed by atoms with Gasteiger partial charge in [0.2, 0.25) is 11.8 Å². The Morgan fingerprint density at radius 1 is 1.24 bits per heavy atom. The topological polar surface area (TPSA) is 49.4 Å². The van der Waals surface area contributed by atoms with E-state index in [1.165, 1.54) is 9.75 Å². The van der Waals surface area contributed by atoms with Crippen molar-refractivity contribution in [2.45, 2.75) is 57.5 Å². The first-order chi connectivity index (χ1) is 10.1. The summed E-state index contributed by atoms with van der Waals surface area (Å²) in [4.78, 5) is 29.3. The predicted octanol–water partition coefficient (Wildman–Crippen LogP) is 2.47. The minimum absolute atomic E-state index is 0.0215. The van der Waals surface area contributed by atoms with Crippen molar-refractivity contribution >= 4 is 23.2 Å². The van der Waals surface area contributed by atoms with Crippen molar-refractivity contribution in [2.75, 3.05) is 6.54 Å². The SMILES string of the molecule is CCc1ccc(CN2CCC(=O)NC3(CCCC3)C2=O)s1. The molecule has 5 heteroatoms. The number of rotatable bonds is 3. The molecule has 0 unspecified atom stereocenters. The van der Waals surface area contributed by atoms with Crippen molar-refractivity contribution in [3.63, 3.8) is 0 Å². The van der Waals surface area contributed by atoms with Gasteiger partial charge >= 0.3 is 0 Å². The Bertz CT molecular complexity index is 546. The van der Waals surface area contributed by atoms with Gasteiger partial charge in [-0.25, -0.2) is 0 Å². The van der Waals surface area contributed by atoms with Crippen molar-refractivity contribution in [3.8, 4) is 0 Å². The van der Waals surface area contributed by atoms with E-state index in [2.05, 4.69) is 24.4 Å². The van der Waals surface area contributed by atoms with Gasteiger partial charge < -0.3 is 10.2 Å². The van der Waals surface area contributed by atoms with Crippen LogP contribution >= 0.6 is 11.3 Å². The molecule has 114 valence electrons. The molecule has 0 bridgehead atoms. The standard InChI is InChI=1S/C16H22N2O2S/c1-2-12-5-6-13(21-12)11-18-10-7-14(19)17-16(15(18)20)8-3-4-9-16/h5-6H,2-4,7-11H2,1H3,(H,17,19). The zero-order valence-electron chi connectivity index (χ0n) is 12.5. The summed E-state index contributed by atoms with van der Waals surface area (Å²) in [5.41, 5.74) is -0.613. The first-order valence-corrected chi connectivity index (χ1v) is 8.62. The fourth-order valence-electron chi connectivity index (χ4n) is 3.38. The van der Waals surface area contributed by atoms with Crippen molar-refractivity contribution in [3.05, 3.63) is 21.9 Å². The smallest absolute Gasteiger partial charge is 0.248 e. The summed E-state index contributed by atoms with van der Waals surface area (Å²) in [6.07, 6.45) is 5.08. The first kappa shape index (κ1) is 14.6. The van der Waals surface area contributed by atoms with Gasteiger partial charge in [-0.2, -0.15) is 0 Å². The van der Waals surface area contributed by atoms with Crippen molar-refractivity contribution in [2.24, 2.45) is 0 Å². The van der Waals surface area contributed by atoms with Gasteiger partial charge in [0.05, 0.1) is 6.54 Å². The highest BCUT2D eigenvalue weighted by Crippen LogP contribution is 2.33. The third-order valence-electron chi connectivity index (χ3n) is 4.55. The van der Waals surface area contributed by atoms with Crippen LogP contribution in [0.3, 0.4) is 0 Å². The first-order valence-electron chi connectivity index (χ1n) is 7.81. The molecule has 2 heterocycles.